The van der Waals surface area contributed by atoms with Crippen molar-refractivity contribution in [3.8, 4) is 0 Å². The SMILES string of the molecule is Cc1cc(CNC(=O)c2cc3cc(Cl)ccc3oc2=O)on1. The van der Waals surface area contributed by atoms with E-state index in [1.54, 1.807) is 31.2 Å². The largest absolute Gasteiger partial charge is 0.422 e. The van der Waals surface area contributed by atoms with E-state index in [2.05, 4.69) is 10.5 Å². The molecule has 22 heavy (non-hydrogen) atoms. The number of hydrogen-bond acceptors (Lipinski definition) is 5. The highest BCUT2D eigenvalue weighted by Gasteiger charge is 2.14. The Balaban J connectivity index is 1.86. The van der Waals surface area contributed by atoms with Gasteiger partial charge in [0.05, 0.1) is 12.2 Å². The van der Waals surface area contributed by atoms with Gasteiger partial charge in [-0.3, -0.25) is 4.79 Å². The van der Waals surface area contributed by atoms with Gasteiger partial charge < -0.3 is 14.3 Å². The lowest BCUT2D eigenvalue weighted by Gasteiger charge is -2.03. The van der Waals surface area contributed by atoms with Crippen molar-refractivity contribution in [3.05, 3.63) is 62.8 Å². The van der Waals surface area contributed by atoms with Gasteiger partial charge in [0.25, 0.3) is 5.91 Å². The molecule has 2 heterocycles. The molecule has 1 aromatic carbocycles. The van der Waals surface area contributed by atoms with Crippen LogP contribution in [0.5, 0.6) is 0 Å². The Morgan fingerprint density at radius 3 is 2.86 bits per heavy atom. The minimum Gasteiger partial charge on any atom is -0.422 e. The molecule has 0 atom stereocenters. The number of benzene rings is 1. The molecule has 1 amide bonds. The summed E-state index contributed by atoms with van der Waals surface area (Å²) in [6.07, 6.45) is 0. The maximum absolute atomic E-state index is 12.1. The highest BCUT2D eigenvalue weighted by molar-refractivity contribution is 6.31. The third-order valence-corrected chi connectivity index (χ3v) is 3.27. The van der Waals surface area contributed by atoms with Crippen LogP contribution in [-0.4, -0.2) is 11.1 Å². The summed E-state index contributed by atoms with van der Waals surface area (Å²) in [6, 6.07) is 7.96. The summed E-state index contributed by atoms with van der Waals surface area (Å²) >= 11 is 5.89. The van der Waals surface area contributed by atoms with E-state index in [4.69, 9.17) is 20.5 Å². The van der Waals surface area contributed by atoms with Gasteiger partial charge >= 0.3 is 5.63 Å². The van der Waals surface area contributed by atoms with Crippen LogP contribution in [0, 0.1) is 6.92 Å². The van der Waals surface area contributed by atoms with Crippen molar-refractivity contribution >= 4 is 28.5 Å². The Morgan fingerprint density at radius 1 is 1.32 bits per heavy atom. The number of carbonyl (C=O) groups is 1. The Hall–Kier alpha value is -2.60. The number of aromatic nitrogens is 1. The van der Waals surface area contributed by atoms with Gasteiger partial charge in [-0.2, -0.15) is 0 Å². The van der Waals surface area contributed by atoms with Crippen LogP contribution < -0.4 is 10.9 Å². The zero-order chi connectivity index (χ0) is 15.7. The first kappa shape index (κ1) is 14.3. The van der Waals surface area contributed by atoms with E-state index >= 15 is 0 Å². The first-order chi connectivity index (χ1) is 10.5. The molecular weight excluding hydrogens is 308 g/mol. The molecule has 1 N–H and O–H groups in total. The fourth-order valence-corrected chi connectivity index (χ4v) is 2.20. The number of nitrogens with zero attached hydrogens (tertiary/aromatic N) is 1. The molecule has 0 aliphatic carbocycles. The normalized spacial score (nSPS) is 10.8. The van der Waals surface area contributed by atoms with E-state index in [0.29, 0.717) is 27.4 Å². The topological polar surface area (TPSA) is 85.3 Å². The lowest BCUT2D eigenvalue weighted by Crippen LogP contribution is -2.27. The zero-order valence-electron chi connectivity index (χ0n) is 11.6. The molecule has 0 aliphatic rings. The number of halogens is 1. The summed E-state index contributed by atoms with van der Waals surface area (Å²) in [5, 5.41) is 7.36. The van der Waals surface area contributed by atoms with Gasteiger partial charge in [0, 0.05) is 16.5 Å². The lowest BCUT2D eigenvalue weighted by molar-refractivity contribution is 0.0943. The summed E-state index contributed by atoms with van der Waals surface area (Å²) in [6.45, 7) is 1.91. The van der Waals surface area contributed by atoms with Crippen molar-refractivity contribution < 1.29 is 13.7 Å². The fraction of sp³-hybridized carbons (Fsp3) is 0.133. The van der Waals surface area contributed by atoms with Crippen LogP contribution in [0.1, 0.15) is 21.8 Å². The van der Waals surface area contributed by atoms with Crippen molar-refractivity contribution in [2.45, 2.75) is 13.5 Å². The average molecular weight is 319 g/mol. The molecule has 0 bridgehead atoms. The summed E-state index contributed by atoms with van der Waals surface area (Å²) in [5.74, 6) is -0.0521. The molecule has 112 valence electrons. The second-order valence-electron chi connectivity index (χ2n) is 4.75. The number of amides is 1. The third kappa shape index (κ3) is 2.87. The highest BCUT2D eigenvalue weighted by Crippen LogP contribution is 2.18. The molecule has 0 fully saturated rings. The monoisotopic (exact) mass is 318 g/mol. The lowest BCUT2D eigenvalue weighted by atomic mass is 10.2. The van der Waals surface area contributed by atoms with E-state index < -0.39 is 11.5 Å². The van der Waals surface area contributed by atoms with Crippen molar-refractivity contribution in [3.63, 3.8) is 0 Å². The molecule has 0 spiro atoms. The second-order valence-corrected chi connectivity index (χ2v) is 5.18. The minimum absolute atomic E-state index is 0.0917. The quantitative estimate of drug-likeness (QED) is 0.750. The van der Waals surface area contributed by atoms with Crippen molar-refractivity contribution in [2.24, 2.45) is 0 Å². The molecule has 3 aromatic rings. The predicted molar refractivity (Wildman–Crippen MR) is 79.9 cm³/mol. The van der Waals surface area contributed by atoms with Crippen molar-refractivity contribution in [2.75, 3.05) is 0 Å². The van der Waals surface area contributed by atoms with E-state index in [9.17, 15) is 9.59 Å². The smallest absolute Gasteiger partial charge is 0.349 e. The molecule has 0 radical (unpaired) electrons. The van der Waals surface area contributed by atoms with Crippen molar-refractivity contribution in [1.29, 1.82) is 0 Å². The van der Waals surface area contributed by atoms with Gasteiger partial charge in [-0.15, -0.1) is 0 Å². The Kier molecular flexibility index (Phi) is 3.68. The predicted octanol–water partition coefficient (Wildman–Crippen LogP) is 2.67. The molecular formula is C15H11ClN2O4. The van der Waals surface area contributed by atoms with E-state index in [0.717, 1.165) is 0 Å². The third-order valence-electron chi connectivity index (χ3n) is 3.04. The van der Waals surface area contributed by atoms with Gasteiger partial charge in [-0.25, -0.2) is 4.79 Å². The molecule has 0 saturated heterocycles. The first-order valence-corrected chi connectivity index (χ1v) is 6.84. The number of aryl methyl sites for hydroxylation is 1. The van der Waals surface area contributed by atoms with Crippen molar-refractivity contribution in [1.82, 2.24) is 10.5 Å². The summed E-state index contributed by atoms with van der Waals surface area (Å²) in [4.78, 5) is 24.0. The van der Waals surface area contributed by atoms with Gasteiger partial charge in [0.1, 0.15) is 11.1 Å². The van der Waals surface area contributed by atoms with E-state index in [1.807, 2.05) is 0 Å². The molecule has 6 nitrogen and oxygen atoms in total. The van der Waals surface area contributed by atoms with Crippen LogP contribution in [0.4, 0.5) is 0 Å². The van der Waals surface area contributed by atoms with Gasteiger partial charge in [0.2, 0.25) is 0 Å². The average Bonchev–Trinajstić information content (AvgIpc) is 2.90. The summed E-state index contributed by atoms with van der Waals surface area (Å²) in [7, 11) is 0. The minimum atomic E-state index is -0.707. The van der Waals surface area contributed by atoms with E-state index in [-0.39, 0.29) is 12.1 Å². The molecule has 7 heteroatoms. The van der Waals surface area contributed by atoms with E-state index in [1.165, 1.54) is 6.07 Å². The molecule has 0 saturated carbocycles. The van der Waals surface area contributed by atoms with Crippen LogP contribution in [0.3, 0.4) is 0 Å². The van der Waals surface area contributed by atoms with Gasteiger partial charge in [-0.1, -0.05) is 16.8 Å². The molecule has 0 aliphatic heterocycles. The van der Waals surface area contributed by atoms with Crippen LogP contribution >= 0.6 is 11.6 Å². The van der Waals surface area contributed by atoms with Crippen LogP contribution in [0.15, 0.2) is 44.1 Å². The second kappa shape index (κ2) is 5.65. The van der Waals surface area contributed by atoms with Crippen LogP contribution in [0.2, 0.25) is 5.02 Å². The number of rotatable bonds is 3. The number of nitrogens with one attached hydrogen (secondary N) is 1. The highest BCUT2D eigenvalue weighted by atomic mass is 35.5. The Labute approximate surface area is 129 Å². The molecule has 3 rings (SSSR count). The van der Waals surface area contributed by atoms with Crippen LogP contribution in [-0.2, 0) is 6.54 Å². The zero-order valence-corrected chi connectivity index (χ0v) is 12.3. The van der Waals surface area contributed by atoms with Gasteiger partial charge in [0.15, 0.2) is 5.76 Å². The molecule has 2 aromatic heterocycles. The number of hydrogen-bond donors (Lipinski definition) is 1. The number of carbonyl (C=O) groups excluding carboxylic acids is 1. The summed E-state index contributed by atoms with van der Waals surface area (Å²) in [5.41, 5.74) is 0.285. The fourth-order valence-electron chi connectivity index (χ4n) is 2.01. The Morgan fingerprint density at radius 2 is 2.14 bits per heavy atom. The summed E-state index contributed by atoms with van der Waals surface area (Å²) < 4.78 is 10.1. The maximum Gasteiger partial charge on any atom is 0.349 e. The number of fused-ring (bicyclic) bond motifs is 1. The first-order valence-electron chi connectivity index (χ1n) is 6.47. The Bertz CT molecular complexity index is 913. The maximum atomic E-state index is 12.1. The van der Waals surface area contributed by atoms with Gasteiger partial charge in [-0.05, 0) is 31.2 Å². The molecule has 0 unspecified atom stereocenters. The standard InChI is InChI=1S/C15H11ClN2O4/c1-8-4-11(22-18-8)7-17-14(19)12-6-9-5-10(16)2-3-13(9)21-15(12)20/h2-6H,7H2,1H3,(H,17,19). The van der Waals surface area contributed by atoms with Crippen LogP contribution in [0.25, 0.3) is 11.0 Å².